The first-order valence-electron chi connectivity index (χ1n) is 7.55. The Morgan fingerprint density at radius 3 is 2.71 bits per heavy atom. The Balaban J connectivity index is 1.55. The maximum Gasteiger partial charge on any atom is 0.135 e. The molecule has 0 amide bonds. The van der Waals surface area contributed by atoms with Crippen LogP contribution < -0.4 is 5.32 Å². The van der Waals surface area contributed by atoms with Crippen LogP contribution in [0.1, 0.15) is 49.4 Å². The van der Waals surface area contributed by atoms with Crippen molar-refractivity contribution in [2.45, 2.75) is 38.0 Å². The lowest BCUT2D eigenvalue weighted by Gasteiger charge is -2.13. The van der Waals surface area contributed by atoms with E-state index in [1.807, 2.05) is 6.07 Å². The lowest BCUT2D eigenvalue weighted by atomic mass is 9.98. The molecule has 110 valence electrons. The van der Waals surface area contributed by atoms with Gasteiger partial charge in [0.1, 0.15) is 16.2 Å². The number of hydrogen-bond donors (Lipinski definition) is 1. The van der Waals surface area contributed by atoms with Crippen LogP contribution in [0, 0.1) is 0 Å². The number of nitrogens with one attached hydrogen (secondary N) is 1. The lowest BCUT2D eigenvalue weighted by Crippen LogP contribution is -2.08. The van der Waals surface area contributed by atoms with Gasteiger partial charge in [-0.05, 0) is 46.7 Å². The van der Waals surface area contributed by atoms with Crippen LogP contribution in [-0.2, 0) is 0 Å². The molecule has 21 heavy (non-hydrogen) atoms. The average Bonchev–Trinajstić information content (AvgIpc) is 3.32. The highest BCUT2D eigenvalue weighted by Crippen LogP contribution is 2.38. The Kier molecular flexibility index (Phi) is 4.54. The molecule has 0 saturated heterocycles. The fourth-order valence-corrected chi connectivity index (χ4v) is 2.81. The second-order valence-electron chi connectivity index (χ2n) is 5.74. The molecule has 1 saturated carbocycles. The smallest absolute Gasteiger partial charge is 0.135 e. The van der Waals surface area contributed by atoms with Crippen LogP contribution in [0.25, 0.3) is 0 Å². The molecule has 1 heterocycles. The normalized spacial score (nSPS) is 15.7. The van der Waals surface area contributed by atoms with E-state index < -0.39 is 0 Å². The summed E-state index contributed by atoms with van der Waals surface area (Å²) in [6.45, 7) is 3.19. The summed E-state index contributed by atoms with van der Waals surface area (Å²) >= 11 is 3.48. The molecule has 0 aliphatic heterocycles. The molecular formula is C17H20BrN3. The number of nitrogens with zero attached hydrogens (tertiary/aromatic N) is 2. The molecule has 0 radical (unpaired) electrons. The maximum atomic E-state index is 4.61. The zero-order valence-electron chi connectivity index (χ0n) is 12.2. The van der Waals surface area contributed by atoms with E-state index in [0.717, 1.165) is 29.2 Å². The third-order valence-corrected chi connectivity index (χ3v) is 4.31. The summed E-state index contributed by atoms with van der Waals surface area (Å²) in [5.41, 5.74) is 1.39. The van der Waals surface area contributed by atoms with Crippen molar-refractivity contribution in [1.82, 2.24) is 9.97 Å². The first-order valence-corrected chi connectivity index (χ1v) is 8.35. The minimum atomic E-state index is 0.548. The minimum Gasteiger partial charge on any atom is -0.370 e. The molecule has 3 nitrogen and oxygen atoms in total. The van der Waals surface area contributed by atoms with Crippen molar-refractivity contribution in [3.05, 3.63) is 52.4 Å². The van der Waals surface area contributed by atoms with Gasteiger partial charge >= 0.3 is 0 Å². The molecule has 1 fully saturated rings. The highest BCUT2D eigenvalue weighted by atomic mass is 79.9. The Labute approximate surface area is 134 Å². The highest BCUT2D eigenvalue weighted by molar-refractivity contribution is 9.10. The number of anilines is 1. The van der Waals surface area contributed by atoms with Gasteiger partial charge in [0, 0.05) is 18.5 Å². The molecular weight excluding hydrogens is 326 g/mol. The van der Waals surface area contributed by atoms with Crippen molar-refractivity contribution in [2.75, 3.05) is 11.9 Å². The topological polar surface area (TPSA) is 37.8 Å². The lowest BCUT2D eigenvalue weighted by molar-refractivity contribution is 0.704. The molecule has 0 spiro atoms. The Morgan fingerprint density at radius 2 is 2.00 bits per heavy atom. The average molecular weight is 346 g/mol. The Hall–Kier alpha value is -1.42. The third-order valence-electron chi connectivity index (χ3n) is 3.91. The molecule has 1 aromatic heterocycles. The Morgan fingerprint density at radius 1 is 1.24 bits per heavy atom. The van der Waals surface area contributed by atoms with Crippen LogP contribution in [-0.4, -0.2) is 16.5 Å². The largest absolute Gasteiger partial charge is 0.370 e. The van der Waals surface area contributed by atoms with Gasteiger partial charge in [0.05, 0.1) is 0 Å². The molecule has 3 rings (SSSR count). The van der Waals surface area contributed by atoms with E-state index in [4.69, 9.17) is 0 Å². The predicted octanol–water partition coefficient (Wildman–Crippen LogP) is 4.72. The van der Waals surface area contributed by atoms with Crippen molar-refractivity contribution in [1.29, 1.82) is 0 Å². The number of rotatable bonds is 6. The first kappa shape index (κ1) is 14.5. The summed E-state index contributed by atoms with van der Waals surface area (Å²) in [7, 11) is 0. The van der Waals surface area contributed by atoms with E-state index in [-0.39, 0.29) is 0 Å². The molecule has 1 N–H and O–H groups in total. The van der Waals surface area contributed by atoms with Crippen LogP contribution in [0.4, 0.5) is 5.82 Å². The van der Waals surface area contributed by atoms with E-state index in [9.17, 15) is 0 Å². The summed E-state index contributed by atoms with van der Waals surface area (Å²) in [6, 6.07) is 12.6. The van der Waals surface area contributed by atoms with E-state index in [2.05, 4.69) is 68.5 Å². The van der Waals surface area contributed by atoms with Gasteiger partial charge in [-0.15, -0.1) is 0 Å². The van der Waals surface area contributed by atoms with E-state index in [1.165, 1.54) is 18.4 Å². The van der Waals surface area contributed by atoms with Crippen LogP contribution in [0.15, 0.2) is 41.0 Å². The van der Waals surface area contributed by atoms with Gasteiger partial charge in [0.15, 0.2) is 0 Å². The van der Waals surface area contributed by atoms with E-state index in [0.29, 0.717) is 11.8 Å². The van der Waals surface area contributed by atoms with Gasteiger partial charge in [-0.2, -0.15) is 0 Å². The zero-order valence-corrected chi connectivity index (χ0v) is 13.8. The van der Waals surface area contributed by atoms with E-state index in [1.54, 1.807) is 0 Å². The fraction of sp³-hybridized carbons (Fsp3) is 0.412. The van der Waals surface area contributed by atoms with Crippen LogP contribution in [0.3, 0.4) is 0 Å². The van der Waals surface area contributed by atoms with Crippen LogP contribution in [0.2, 0.25) is 0 Å². The van der Waals surface area contributed by atoms with E-state index >= 15 is 0 Å². The SMILES string of the molecule is CC(CCNc1cc(Br)nc(C2CC2)n1)c1ccccc1. The van der Waals surface area contributed by atoms with Gasteiger partial charge in [-0.25, -0.2) is 9.97 Å². The molecule has 1 atom stereocenters. The molecule has 0 bridgehead atoms. The quantitative estimate of drug-likeness (QED) is 0.769. The third kappa shape index (κ3) is 4.03. The van der Waals surface area contributed by atoms with Crippen LogP contribution >= 0.6 is 15.9 Å². The zero-order chi connectivity index (χ0) is 14.7. The summed E-state index contributed by atoms with van der Waals surface area (Å²) in [5.74, 6) is 3.03. The van der Waals surface area contributed by atoms with Gasteiger partial charge in [0.25, 0.3) is 0 Å². The second kappa shape index (κ2) is 6.56. The first-order chi connectivity index (χ1) is 10.2. The van der Waals surface area contributed by atoms with Crippen molar-refractivity contribution < 1.29 is 0 Å². The summed E-state index contributed by atoms with van der Waals surface area (Å²) in [4.78, 5) is 9.07. The van der Waals surface area contributed by atoms with Gasteiger partial charge in [0.2, 0.25) is 0 Å². The van der Waals surface area contributed by atoms with Crippen molar-refractivity contribution >= 4 is 21.7 Å². The van der Waals surface area contributed by atoms with Crippen molar-refractivity contribution in [3.8, 4) is 0 Å². The Bertz CT molecular complexity index is 596. The van der Waals surface area contributed by atoms with Crippen LogP contribution in [0.5, 0.6) is 0 Å². The monoisotopic (exact) mass is 345 g/mol. The summed E-state index contributed by atoms with van der Waals surface area (Å²) in [6.07, 6.45) is 3.53. The highest BCUT2D eigenvalue weighted by Gasteiger charge is 2.27. The summed E-state index contributed by atoms with van der Waals surface area (Å²) in [5, 5.41) is 3.43. The fourth-order valence-electron chi connectivity index (χ4n) is 2.41. The number of benzene rings is 1. The summed E-state index contributed by atoms with van der Waals surface area (Å²) < 4.78 is 0.873. The van der Waals surface area contributed by atoms with Gasteiger partial charge < -0.3 is 5.32 Å². The minimum absolute atomic E-state index is 0.548. The molecule has 2 aromatic rings. The van der Waals surface area contributed by atoms with Crippen molar-refractivity contribution in [3.63, 3.8) is 0 Å². The second-order valence-corrected chi connectivity index (χ2v) is 6.55. The number of aromatic nitrogens is 2. The predicted molar refractivity (Wildman–Crippen MR) is 89.7 cm³/mol. The maximum absolute atomic E-state index is 4.61. The molecule has 1 aliphatic carbocycles. The molecule has 4 heteroatoms. The van der Waals surface area contributed by atoms with Crippen molar-refractivity contribution in [2.24, 2.45) is 0 Å². The standard InChI is InChI=1S/C17H20BrN3/c1-12(13-5-3-2-4-6-13)9-10-19-16-11-15(18)20-17(21-16)14-7-8-14/h2-6,11-12,14H,7-10H2,1H3,(H,19,20,21). The number of halogens is 1. The molecule has 1 aromatic carbocycles. The number of hydrogen-bond acceptors (Lipinski definition) is 3. The van der Waals surface area contributed by atoms with Gasteiger partial charge in [-0.3, -0.25) is 0 Å². The van der Waals surface area contributed by atoms with Gasteiger partial charge in [-0.1, -0.05) is 37.3 Å². The molecule has 1 unspecified atom stereocenters. The molecule has 1 aliphatic rings.